The molecule has 2 rings (SSSR count). The van der Waals surface area contributed by atoms with E-state index in [0.29, 0.717) is 0 Å². The zero-order valence-electron chi connectivity index (χ0n) is 11.6. The van der Waals surface area contributed by atoms with E-state index in [2.05, 4.69) is 14.2 Å². The van der Waals surface area contributed by atoms with Crippen LogP contribution in [0.3, 0.4) is 0 Å². The Kier molecular flexibility index (Phi) is 5.19. The predicted molar refractivity (Wildman–Crippen MR) is 75.3 cm³/mol. The zero-order chi connectivity index (χ0) is 16.7. The topological polar surface area (TPSA) is 96.0 Å². The van der Waals surface area contributed by atoms with E-state index in [4.69, 9.17) is 0 Å². The Hall–Kier alpha value is -3.48. The first-order chi connectivity index (χ1) is 11.1. The van der Waals surface area contributed by atoms with Gasteiger partial charge in [-0.3, -0.25) is 0 Å². The van der Waals surface area contributed by atoms with Crippen LogP contribution in [0.25, 0.3) is 0 Å². The standard InChI is InChI=1S/C16H10O7/c17-13(21-11-7-3-1-4-8-11)15(19)23-16(20)14(18)22-12-9-5-2-6-10-12/h1-10H. The molecule has 0 aromatic heterocycles. The van der Waals surface area contributed by atoms with Gasteiger partial charge in [-0.2, -0.15) is 0 Å². The van der Waals surface area contributed by atoms with Crippen molar-refractivity contribution in [2.24, 2.45) is 0 Å². The summed E-state index contributed by atoms with van der Waals surface area (Å²) in [5.41, 5.74) is 0. The van der Waals surface area contributed by atoms with Gasteiger partial charge in [0.2, 0.25) is 0 Å². The molecule has 0 aliphatic rings. The molecule has 0 amide bonds. The van der Waals surface area contributed by atoms with Crippen molar-refractivity contribution in [2.45, 2.75) is 0 Å². The number of para-hydroxylation sites is 2. The second-order valence-corrected chi connectivity index (χ2v) is 4.08. The van der Waals surface area contributed by atoms with Gasteiger partial charge in [0.15, 0.2) is 0 Å². The Morgan fingerprint density at radius 3 is 1.22 bits per heavy atom. The molecular formula is C16H10O7. The molecule has 0 radical (unpaired) electrons. The average Bonchev–Trinajstić information content (AvgIpc) is 2.56. The molecule has 2 aromatic carbocycles. The maximum absolute atomic E-state index is 11.4. The van der Waals surface area contributed by atoms with Crippen molar-refractivity contribution in [1.29, 1.82) is 0 Å². The van der Waals surface area contributed by atoms with Crippen molar-refractivity contribution in [3.8, 4) is 11.5 Å². The van der Waals surface area contributed by atoms with Gasteiger partial charge >= 0.3 is 23.9 Å². The lowest BCUT2D eigenvalue weighted by atomic mass is 10.3. The Labute approximate surface area is 130 Å². The number of benzene rings is 2. The first-order valence-electron chi connectivity index (χ1n) is 6.36. The van der Waals surface area contributed by atoms with Crippen molar-refractivity contribution in [1.82, 2.24) is 0 Å². The average molecular weight is 314 g/mol. The third-order valence-electron chi connectivity index (χ3n) is 2.43. The van der Waals surface area contributed by atoms with E-state index in [1.165, 1.54) is 24.3 Å². The van der Waals surface area contributed by atoms with E-state index >= 15 is 0 Å². The Bertz CT molecular complexity index is 659. The van der Waals surface area contributed by atoms with Gasteiger partial charge in [-0.15, -0.1) is 0 Å². The summed E-state index contributed by atoms with van der Waals surface area (Å²) in [5.74, 6) is -5.93. The lowest BCUT2D eigenvalue weighted by molar-refractivity contribution is -0.174. The van der Waals surface area contributed by atoms with E-state index in [-0.39, 0.29) is 11.5 Å². The fraction of sp³-hybridized carbons (Fsp3) is 0. The highest BCUT2D eigenvalue weighted by Crippen LogP contribution is 2.10. The first kappa shape index (κ1) is 15.9. The summed E-state index contributed by atoms with van der Waals surface area (Å²) < 4.78 is 13.4. The summed E-state index contributed by atoms with van der Waals surface area (Å²) in [4.78, 5) is 45.6. The van der Waals surface area contributed by atoms with E-state index in [1.807, 2.05) is 0 Å². The molecule has 0 unspecified atom stereocenters. The van der Waals surface area contributed by atoms with Crippen LogP contribution >= 0.6 is 0 Å². The van der Waals surface area contributed by atoms with Gasteiger partial charge in [-0.1, -0.05) is 36.4 Å². The summed E-state index contributed by atoms with van der Waals surface area (Å²) in [5, 5.41) is 0. The summed E-state index contributed by atoms with van der Waals surface area (Å²) in [7, 11) is 0. The second-order valence-electron chi connectivity index (χ2n) is 4.08. The number of rotatable bonds is 2. The molecule has 0 fully saturated rings. The molecule has 0 atom stereocenters. The SMILES string of the molecule is O=C(OC(=O)C(=O)Oc1ccccc1)C(=O)Oc1ccccc1. The van der Waals surface area contributed by atoms with Crippen LogP contribution in [-0.4, -0.2) is 23.9 Å². The minimum absolute atomic E-state index is 0.0914. The highest BCUT2D eigenvalue weighted by Gasteiger charge is 2.27. The molecule has 7 nitrogen and oxygen atoms in total. The van der Waals surface area contributed by atoms with Gasteiger partial charge in [0, 0.05) is 0 Å². The minimum atomic E-state index is -1.62. The maximum atomic E-state index is 11.4. The van der Waals surface area contributed by atoms with Gasteiger partial charge in [0.1, 0.15) is 11.5 Å². The van der Waals surface area contributed by atoms with Crippen molar-refractivity contribution in [3.63, 3.8) is 0 Å². The van der Waals surface area contributed by atoms with Crippen LogP contribution in [0.1, 0.15) is 0 Å². The minimum Gasteiger partial charge on any atom is -0.418 e. The number of hydrogen-bond donors (Lipinski definition) is 0. The maximum Gasteiger partial charge on any atom is 0.425 e. The van der Waals surface area contributed by atoms with E-state index in [0.717, 1.165) is 0 Å². The molecule has 23 heavy (non-hydrogen) atoms. The summed E-state index contributed by atoms with van der Waals surface area (Å²) in [6, 6.07) is 15.4. The Morgan fingerprint density at radius 2 is 0.870 bits per heavy atom. The number of hydrogen-bond acceptors (Lipinski definition) is 7. The largest absolute Gasteiger partial charge is 0.425 e. The molecule has 116 valence electrons. The zero-order valence-corrected chi connectivity index (χ0v) is 11.6. The Morgan fingerprint density at radius 1 is 0.522 bits per heavy atom. The summed E-state index contributed by atoms with van der Waals surface area (Å²) in [6.07, 6.45) is 0. The fourth-order valence-electron chi connectivity index (χ4n) is 1.44. The monoisotopic (exact) mass is 314 g/mol. The number of esters is 4. The Balaban J connectivity index is 1.87. The normalized spacial score (nSPS) is 9.57. The van der Waals surface area contributed by atoms with E-state index in [1.54, 1.807) is 36.4 Å². The van der Waals surface area contributed by atoms with Crippen LogP contribution in [-0.2, 0) is 23.9 Å². The number of ether oxygens (including phenoxy) is 3. The smallest absolute Gasteiger partial charge is 0.418 e. The van der Waals surface area contributed by atoms with Crippen LogP contribution in [0.15, 0.2) is 60.7 Å². The molecule has 0 saturated heterocycles. The van der Waals surface area contributed by atoms with Crippen molar-refractivity contribution >= 4 is 23.9 Å². The fourth-order valence-corrected chi connectivity index (χ4v) is 1.44. The molecule has 2 aromatic rings. The molecular weight excluding hydrogens is 304 g/mol. The molecule has 0 spiro atoms. The van der Waals surface area contributed by atoms with Crippen LogP contribution in [0.4, 0.5) is 0 Å². The van der Waals surface area contributed by atoms with E-state index in [9.17, 15) is 19.2 Å². The number of carbonyl (C=O) groups is 4. The molecule has 7 heteroatoms. The lowest BCUT2D eigenvalue weighted by Gasteiger charge is -2.04. The van der Waals surface area contributed by atoms with Gasteiger partial charge in [-0.25, -0.2) is 19.2 Å². The van der Waals surface area contributed by atoms with E-state index < -0.39 is 23.9 Å². The summed E-state index contributed by atoms with van der Waals surface area (Å²) in [6.45, 7) is 0. The van der Waals surface area contributed by atoms with Crippen LogP contribution < -0.4 is 9.47 Å². The second kappa shape index (κ2) is 7.51. The van der Waals surface area contributed by atoms with Crippen molar-refractivity contribution < 1.29 is 33.4 Å². The predicted octanol–water partition coefficient (Wildman–Crippen LogP) is 1.27. The highest BCUT2D eigenvalue weighted by atomic mass is 16.6. The molecule has 0 bridgehead atoms. The molecule has 0 aliphatic heterocycles. The molecule has 0 saturated carbocycles. The molecule has 0 N–H and O–H groups in total. The quantitative estimate of drug-likeness (QED) is 0.356. The number of carbonyl (C=O) groups excluding carboxylic acids is 4. The van der Waals surface area contributed by atoms with Crippen LogP contribution in [0.5, 0.6) is 11.5 Å². The van der Waals surface area contributed by atoms with Crippen molar-refractivity contribution in [3.05, 3.63) is 60.7 Å². The third-order valence-corrected chi connectivity index (χ3v) is 2.43. The first-order valence-corrected chi connectivity index (χ1v) is 6.36. The molecule has 0 heterocycles. The van der Waals surface area contributed by atoms with Crippen LogP contribution in [0, 0.1) is 0 Å². The van der Waals surface area contributed by atoms with Gasteiger partial charge in [-0.05, 0) is 24.3 Å². The third kappa shape index (κ3) is 4.78. The van der Waals surface area contributed by atoms with Crippen molar-refractivity contribution in [2.75, 3.05) is 0 Å². The molecule has 0 aliphatic carbocycles. The van der Waals surface area contributed by atoms with Gasteiger partial charge in [0.05, 0.1) is 0 Å². The highest BCUT2D eigenvalue weighted by molar-refractivity contribution is 6.39. The summed E-state index contributed by atoms with van der Waals surface area (Å²) >= 11 is 0. The van der Waals surface area contributed by atoms with Crippen LogP contribution in [0.2, 0.25) is 0 Å². The van der Waals surface area contributed by atoms with Gasteiger partial charge < -0.3 is 14.2 Å². The lowest BCUT2D eigenvalue weighted by Crippen LogP contribution is -2.31. The van der Waals surface area contributed by atoms with Gasteiger partial charge in [0.25, 0.3) is 0 Å².